The van der Waals surface area contributed by atoms with Gasteiger partial charge < -0.3 is 15.2 Å². The van der Waals surface area contributed by atoms with Gasteiger partial charge in [0.2, 0.25) is 0 Å². The molecular formula is C16H24Cl2N4O. The first-order valence-corrected chi connectivity index (χ1v) is 7.35. The van der Waals surface area contributed by atoms with E-state index in [0.717, 1.165) is 31.0 Å². The number of aromatic nitrogens is 2. The van der Waals surface area contributed by atoms with Crippen LogP contribution in [-0.4, -0.2) is 47.0 Å². The Labute approximate surface area is 149 Å². The van der Waals surface area contributed by atoms with E-state index in [4.69, 9.17) is 0 Å². The summed E-state index contributed by atoms with van der Waals surface area (Å²) < 4.78 is 0. The molecule has 7 heteroatoms. The van der Waals surface area contributed by atoms with Crippen LogP contribution in [0.2, 0.25) is 0 Å². The SMILES string of the molecule is CCN(CC)CCNC(=O)c1ccc(-c2ncc[nH]2)cc1.Cl.Cl. The van der Waals surface area contributed by atoms with Crippen molar-refractivity contribution in [2.45, 2.75) is 13.8 Å². The van der Waals surface area contributed by atoms with Crippen LogP contribution in [0.4, 0.5) is 0 Å². The normalized spacial score (nSPS) is 9.87. The number of hydrogen-bond acceptors (Lipinski definition) is 3. The van der Waals surface area contributed by atoms with Crippen molar-refractivity contribution in [1.29, 1.82) is 0 Å². The molecule has 0 radical (unpaired) electrons. The Bertz CT molecular complexity index is 554. The standard InChI is InChI=1S/C16H22N4O.2ClH/c1-3-20(4-2)12-11-19-16(21)14-7-5-13(6-8-14)15-17-9-10-18-15;;/h5-10H,3-4,11-12H2,1-2H3,(H,17,18)(H,19,21);2*1H. The lowest BCUT2D eigenvalue weighted by atomic mass is 10.1. The fourth-order valence-electron chi connectivity index (χ4n) is 2.17. The number of nitrogens with zero attached hydrogens (tertiary/aromatic N) is 2. The predicted molar refractivity (Wildman–Crippen MR) is 98.6 cm³/mol. The number of carbonyl (C=O) groups excluding carboxylic acids is 1. The maximum absolute atomic E-state index is 12.0. The van der Waals surface area contributed by atoms with E-state index in [1.165, 1.54) is 0 Å². The van der Waals surface area contributed by atoms with Crippen LogP contribution in [0.25, 0.3) is 11.4 Å². The third-order valence-electron chi connectivity index (χ3n) is 3.53. The quantitative estimate of drug-likeness (QED) is 0.799. The molecule has 1 heterocycles. The van der Waals surface area contributed by atoms with Crippen molar-refractivity contribution >= 4 is 30.7 Å². The molecule has 0 saturated carbocycles. The summed E-state index contributed by atoms with van der Waals surface area (Å²) in [6, 6.07) is 7.45. The van der Waals surface area contributed by atoms with Crippen molar-refractivity contribution in [3.63, 3.8) is 0 Å². The first kappa shape index (κ1) is 21.4. The molecule has 1 amide bonds. The minimum absolute atomic E-state index is 0. The van der Waals surface area contributed by atoms with Crippen LogP contribution < -0.4 is 5.32 Å². The molecule has 0 aliphatic carbocycles. The summed E-state index contributed by atoms with van der Waals surface area (Å²) in [4.78, 5) is 21.6. The van der Waals surface area contributed by atoms with Gasteiger partial charge in [0.1, 0.15) is 5.82 Å². The maximum Gasteiger partial charge on any atom is 0.251 e. The predicted octanol–water partition coefficient (Wildman–Crippen LogP) is 2.99. The molecule has 0 spiro atoms. The second-order valence-corrected chi connectivity index (χ2v) is 4.80. The van der Waals surface area contributed by atoms with Crippen LogP contribution in [0.15, 0.2) is 36.7 Å². The Balaban J connectivity index is 0.00000242. The van der Waals surface area contributed by atoms with Crippen molar-refractivity contribution in [3.05, 3.63) is 42.2 Å². The van der Waals surface area contributed by atoms with Crippen molar-refractivity contribution < 1.29 is 4.79 Å². The Morgan fingerprint density at radius 2 is 1.83 bits per heavy atom. The summed E-state index contributed by atoms with van der Waals surface area (Å²) in [5.74, 6) is 0.775. The van der Waals surface area contributed by atoms with Gasteiger partial charge in [0.05, 0.1) is 0 Å². The summed E-state index contributed by atoms with van der Waals surface area (Å²) in [6.45, 7) is 7.80. The number of rotatable bonds is 7. The molecule has 2 rings (SSSR count). The average Bonchev–Trinajstić information content (AvgIpc) is 3.06. The fraction of sp³-hybridized carbons (Fsp3) is 0.375. The molecule has 0 aliphatic rings. The average molecular weight is 359 g/mol. The molecule has 0 atom stereocenters. The molecule has 1 aromatic heterocycles. The molecule has 0 unspecified atom stereocenters. The van der Waals surface area contributed by atoms with Crippen LogP contribution in [0.1, 0.15) is 24.2 Å². The number of amides is 1. The summed E-state index contributed by atoms with van der Waals surface area (Å²) in [5.41, 5.74) is 1.64. The van der Waals surface area contributed by atoms with Crippen molar-refractivity contribution in [2.24, 2.45) is 0 Å². The van der Waals surface area contributed by atoms with Gasteiger partial charge in [0, 0.05) is 36.6 Å². The number of hydrogen-bond donors (Lipinski definition) is 2. The zero-order chi connectivity index (χ0) is 15.1. The molecule has 0 aliphatic heterocycles. The molecule has 128 valence electrons. The molecule has 2 aromatic rings. The summed E-state index contributed by atoms with van der Waals surface area (Å²) in [6.07, 6.45) is 3.49. The third-order valence-corrected chi connectivity index (χ3v) is 3.53. The van der Waals surface area contributed by atoms with Gasteiger partial charge in [-0.3, -0.25) is 4.79 Å². The minimum Gasteiger partial charge on any atom is -0.351 e. The van der Waals surface area contributed by atoms with Crippen LogP contribution in [0, 0.1) is 0 Å². The molecule has 5 nitrogen and oxygen atoms in total. The van der Waals surface area contributed by atoms with Crippen LogP contribution in [0.3, 0.4) is 0 Å². The highest BCUT2D eigenvalue weighted by atomic mass is 35.5. The molecule has 23 heavy (non-hydrogen) atoms. The van der Waals surface area contributed by atoms with E-state index in [9.17, 15) is 4.79 Å². The van der Waals surface area contributed by atoms with Crippen LogP contribution in [-0.2, 0) is 0 Å². The van der Waals surface area contributed by atoms with E-state index in [0.29, 0.717) is 12.1 Å². The Kier molecular flexibility index (Phi) is 10.3. The lowest BCUT2D eigenvalue weighted by Gasteiger charge is -2.17. The number of carbonyl (C=O) groups is 1. The molecule has 0 saturated heterocycles. The molecule has 0 fully saturated rings. The number of aromatic amines is 1. The van der Waals surface area contributed by atoms with Gasteiger partial charge in [-0.1, -0.05) is 26.0 Å². The van der Waals surface area contributed by atoms with Gasteiger partial charge in [-0.2, -0.15) is 0 Å². The lowest BCUT2D eigenvalue weighted by molar-refractivity contribution is 0.0949. The minimum atomic E-state index is -0.0341. The van der Waals surface area contributed by atoms with Gasteiger partial charge in [-0.05, 0) is 25.2 Å². The van der Waals surface area contributed by atoms with Crippen molar-refractivity contribution in [3.8, 4) is 11.4 Å². The first-order chi connectivity index (χ1) is 10.2. The Hall–Kier alpha value is -1.56. The van der Waals surface area contributed by atoms with Crippen LogP contribution in [0.5, 0.6) is 0 Å². The number of imidazole rings is 1. The van der Waals surface area contributed by atoms with Crippen molar-refractivity contribution in [1.82, 2.24) is 20.2 Å². The number of halogens is 2. The smallest absolute Gasteiger partial charge is 0.251 e. The number of nitrogens with one attached hydrogen (secondary N) is 2. The zero-order valence-electron chi connectivity index (χ0n) is 13.4. The van der Waals surface area contributed by atoms with Gasteiger partial charge in [0.15, 0.2) is 0 Å². The largest absolute Gasteiger partial charge is 0.351 e. The number of likely N-dealkylation sites (N-methyl/N-ethyl adjacent to an activating group) is 1. The monoisotopic (exact) mass is 358 g/mol. The van der Waals surface area contributed by atoms with E-state index in [1.54, 1.807) is 12.4 Å². The topological polar surface area (TPSA) is 61.0 Å². The maximum atomic E-state index is 12.0. The van der Waals surface area contributed by atoms with Gasteiger partial charge in [-0.15, -0.1) is 24.8 Å². The molecule has 2 N–H and O–H groups in total. The fourth-order valence-corrected chi connectivity index (χ4v) is 2.17. The number of H-pyrrole nitrogens is 1. The molecule has 0 bridgehead atoms. The second kappa shape index (κ2) is 11.0. The van der Waals surface area contributed by atoms with E-state index >= 15 is 0 Å². The Morgan fingerprint density at radius 1 is 1.17 bits per heavy atom. The van der Waals surface area contributed by atoms with E-state index in [1.807, 2.05) is 24.3 Å². The third kappa shape index (κ3) is 6.22. The van der Waals surface area contributed by atoms with Crippen LogP contribution >= 0.6 is 24.8 Å². The first-order valence-electron chi connectivity index (χ1n) is 7.35. The summed E-state index contributed by atoms with van der Waals surface area (Å²) >= 11 is 0. The lowest BCUT2D eigenvalue weighted by Crippen LogP contribution is -2.34. The van der Waals surface area contributed by atoms with E-state index < -0.39 is 0 Å². The zero-order valence-corrected chi connectivity index (χ0v) is 15.0. The molecular weight excluding hydrogens is 335 g/mol. The van der Waals surface area contributed by atoms with Gasteiger partial charge in [-0.25, -0.2) is 4.98 Å². The summed E-state index contributed by atoms with van der Waals surface area (Å²) in [7, 11) is 0. The Morgan fingerprint density at radius 3 is 2.35 bits per heavy atom. The highest BCUT2D eigenvalue weighted by molar-refractivity contribution is 5.94. The molecule has 1 aromatic carbocycles. The van der Waals surface area contributed by atoms with Gasteiger partial charge >= 0.3 is 0 Å². The van der Waals surface area contributed by atoms with Crippen molar-refractivity contribution in [2.75, 3.05) is 26.2 Å². The summed E-state index contributed by atoms with van der Waals surface area (Å²) in [5, 5.41) is 2.95. The second-order valence-electron chi connectivity index (χ2n) is 4.80. The number of benzene rings is 1. The van der Waals surface area contributed by atoms with Gasteiger partial charge in [0.25, 0.3) is 5.91 Å². The highest BCUT2D eigenvalue weighted by Crippen LogP contribution is 2.14. The van der Waals surface area contributed by atoms with E-state index in [-0.39, 0.29) is 30.7 Å². The van der Waals surface area contributed by atoms with E-state index in [2.05, 4.69) is 34.0 Å². The highest BCUT2D eigenvalue weighted by Gasteiger charge is 2.07.